The van der Waals surface area contributed by atoms with Crippen LogP contribution < -0.4 is 17.0 Å². The van der Waals surface area contributed by atoms with Gasteiger partial charge in [-0.05, 0) is 6.07 Å². The van der Waals surface area contributed by atoms with E-state index in [1.807, 2.05) is 16.8 Å². The van der Waals surface area contributed by atoms with Gasteiger partial charge in [-0.2, -0.15) is 4.57 Å². The summed E-state index contributed by atoms with van der Waals surface area (Å²) >= 11 is 0. The first-order chi connectivity index (χ1) is 5.34. The van der Waals surface area contributed by atoms with Crippen molar-refractivity contribution in [3.8, 4) is 5.75 Å². The molecule has 1 N–H and O–H groups in total. The zero-order valence-corrected chi connectivity index (χ0v) is 7.24. The highest BCUT2D eigenvalue weighted by Gasteiger charge is 2.26. The second-order valence-corrected chi connectivity index (χ2v) is 2.71. The van der Waals surface area contributed by atoms with Crippen LogP contribution in [0.5, 0.6) is 5.75 Å². The lowest BCUT2D eigenvalue weighted by molar-refractivity contribution is -0.698. The third-order valence-electron chi connectivity index (χ3n) is 1.66. The topological polar surface area (TPSA) is 36.6 Å². The van der Waals surface area contributed by atoms with Gasteiger partial charge in [0.25, 0.3) is 0 Å². The number of hydrogen-bond donors (Lipinski definition) is 1. The summed E-state index contributed by atoms with van der Waals surface area (Å²) in [5.41, 5.74) is 0. The van der Waals surface area contributed by atoms with E-state index in [0.717, 1.165) is 13.2 Å². The summed E-state index contributed by atoms with van der Waals surface area (Å²) in [6.45, 7) is 1.69. The molecule has 2 rings (SSSR count). The van der Waals surface area contributed by atoms with Gasteiger partial charge < -0.3 is 22.3 Å². The molecular formula is C8H10ClNO2. The SMILES string of the molecule is Oc1ccc[n+](CC2CO2)c1.[Cl-]. The minimum Gasteiger partial charge on any atom is -1.00 e. The molecule has 0 spiro atoms. The Labute approximate surface area is 77.0 Å². The van der Waals surface area contributed by atoms with Gasteiger partial charge in [0.2, 0.25) is 6.20 Å². The lowest BCUT2D eigenvalue weighted by Crippen LogP contribution is -3.00. The Kier molecular flexibility index (Phi) is 2.89. The summed E-state index contributed by atoms with van der Waals surface area (Å²) in [4.78, 5) is 0. The van der Waals surface area contributed by atoms with Crippen molar-refractivity contribution in [1.29, 1.82) is 0 Å². The maximum Gasteiger partial charge on any atom is 0.211 e. The Morgan fingerprint density at radius 1 is 1.67 bits per heavy atom. The van der Waals surface area contributed by atoms with Crippen molar-refractivity contribution < 1.29 is 26.8 Å². The molecule has 66 valence electrons. The first kappa shape index (κ1) is 9.29. The molecule has 0 aromatic carbocycles. The summed E-state index contributed by atoms with van der Waals surface area (Å²) in [7, 11) is 0. The van der Waals surface area contributed by atoms with E-state index in [0.29, 0.717) is 11.9 Å². The van der Waals surface area contributed by atoms with Crippen molar-refractivity contribution in [3.63, 3.8) is 0 Å². The third-order valence-corrected chi connectivity index (χ3v) is 1.66. The number of pyridine rings is 1. The van der Waals surface area contributed by atoms with Crippen molar-refractivity contribution in [2.45, 2.75) is 12.6 Å². The molecule has 12 heavy (non-hydrogen) atoms. The zero-order valence-electron chi connectivity index (χ0n) is 6.48. The molecule has 0 saturated carbocycles. The quantitative estimate of drug-likeness (QED) is 0.398. The molecule has 1 saturated heterocycles. The molecule has 3 nitrogen and oxygen atoms in total. The molecular weight excluding hydrogens is 178 g/mol. The summed E-state index contributed by atoms with van der Waals surface area (Å²) in [5.74, 6) is 0.299. The van der Waals surface area contributed by atoms with E-state index in [1.54, 1.807) is 12.3 Å². The Balaban J connectivity index is 0.000000720. The number of halogens is 1. The highest BCUT2D eigenvalue weighted by Crippen LogP contribution is 2.08. The van der Waals surface area contributed by atoms with Gasteiger partial charge in [0.15, 0.2) is 18.5 Å². The number of hydrogen-bond acceptors (Lipinski definition) is 2. The molecule has 1 unspecified atom stereocenters. The van der Waals surface area contributed by atoms with E-state index in [4.69, 9.17) is 9.84 Å². The zero-order chi connectivity index (χ0) is 7.68. The smallest absolute Gasteiger partial charge is 0.211 e. The lowest BCUT2D eigenvalue weighted by Gasteiger charge is -1.92. The molecule has 1 aliphatic heterocycles. The van der Waals surface area contributed by atoms with Crippen molar-refractivity contribution in [2.75, 3.05) is 6.61 Å². The van der Waals surface area contributed by atoms with Crippen molar-refractivity contribution in [2.24, 2.45) is 0 Å². The van der Waals surface area contributed by atoms with Crippen LogP contribution in [-0.4, -0.2) is 17.8 Å². The van der Waals surface area contributed by atoms with Crippen LogP contribution in [0.4, 0.5) is 0 Å². The Morgan fingerprint density at radius 2 is 2.42 bits per heavy atom. The average molecular weight is 188 g/mol. The van der Waals surface area contributed by atoms with Crippen LogP contribution in [0.15, 0.2) is 24.5 Å². The van der Waals surface area contributed by atoms with Gasteiger partial charge in [0, 0.05) is 6.07 Å². The fraction of sp³-hybridized carbons (Fsp3) is 0.375. The fourth-order valence-electron chi connectivity index (χ4n) is 1.03. The van der Waals surface area contributed by atoms with E-state index in [2.05, 4.69) is 0 Å². The first-order valence-electron chi connectivity index (χ1n) is 3.64. The predicted molar refractivity (Wildman–Crippen MR) is 38.0 cm³/mol. The van der Waals surface area contributed by atoms with Gasteiger partial charge in [-0.3, -0.25) is 0 Å². The highest BCUT2D eigenvalue weighted by molar-refractivity contribution is 5.09. The lowest BCUT2D eigenvalue weighted by atomic mass is 10.4. The van der Waals surface area contributed by atoms with Gasteiger partial charge in [-0.15, -0.1) is 0 Å². The monoisotopic (exact) mass is 187 g/mol. The number of nitrogens with zero attached hydrogens (tertiary/aromatic N) is 1. The summed E-state index contributed by atoms with van der Waals surface area (Å²) < 4.78 is 6.97. The number of rotatable bonds is 2. The molecule has 1 atom stereocenters. The maximum absolute atomic E-state index is 9.08. The molecule has 0 aliphatic carbocycles. The van der Waals surface area contributed by atoms with Crippen molar-refractivity contribution in [1.82, 2.24) is 0 Å². The summed E-state index contributed by atoms with van der Waals surface area (Å²) in [6.07, 6.45) is 3.98. The minimum absolute atomic E-state index is 0. The molecule has 1 fully saturated rings. The maximum atomic E-state index is 9.08. The van der Waals surface area contributed by atoms with Crippen molar-refractivity contribution >= 4 is 0 Å². The van der Waals surface area contributed by atoms with Crippen molar-refractivity contribution in [3.05, 3.63) is 24.5 Å². The van der Waals surface area contributed by atoms with E-state index in [-0.39, 0.29) is 12.4 Å². The molecule has 1 aliphatic rings. The summed E-state index contributed by atoms with van der Waals surface area (Å²) in [5, 5.41) is 9.08. The minimum atomic E-state index is 0. The molecule has 4 heteroatoms. The van der Waals surface area contributed by atoms with Gasteiger partial charge in [-0.25, -0.2) is 0 Å². The fourth-order valence-corrected chi connectivity index (χ4v) is 1.03. The van der Waals surface area contributed by atoms with Crippen LogP contribution in [0.1, 0.15) is 0 Å². The molecule has 1 aromatic rings. The third kappa shape index (κ3) is 2.36. The molecule has 1 aromatic heterocycles. The van der Waals surface area contributed by atoms with E-state index >= 15 is 0 Å². The average Bonchev–Trinajstić information content (AvgIpc) is 2.71. The standard InChI is InChI=1S/C8H9NO2.ClH/c10-7-2-1-3-9(4-7)5-8-6-11-8;/h1-4,8H,5-6H2;1H. The second kappa shape index (κ2) is 3.74. The Hall–Kier alpha value is -0.800. The normalized spacial score (nSPS) is 19.8. The largest absolute Gasteiger partial charge is 1.00 e. The number of aromatic hydroxyl groups is 1. The van der Waals surface area contributed by atoms with Gasteiger partial charge in [-0.1, -0.05) is 0 Å². The van der Waals surface area contributed by atoms with Crippen LogP contribution in [0, 0.1) is 0 Å². The van der Waals surface area contributed by atoms with Gasteiger partial charge in [0.1, 0.15) is 6.10 Å². The van der Waals surface area contributed by atoms with E-state index < -0.39 is 0 Å². The van der Waals surface area contributed by atoms with Crippen LogP contribution in [0.2, 0.25) is 0 Å². The van der Waals surface area contributed by atoms with E-state index in [9.17, 15) is 0 Å². The Morgan fingerprint density at radius 3 is 3.00 bits per heavy atom. The van der Waals surface area contributed by atoms with Crippen LogP contribution >= 0.6 is 0 Å². The number of aromatic nitrogens is 1. The molecule has 0 radical (unpaired) electrons. The molecule has 0 amide bonds. The van der Waals surface area contributed by atoms with E-state index in [1.165, 1.54) is 0 Å². The second-order valence-electron chi connectivity index (χ2n) is 2.71. The first-order valence-corrected chi connectivity index (χ1v) is 3.64. The van der Waals surface area contributed by atoms with Crippen LogP contribution in [0.3, 0.4) is 0 Å². The Bertz CT molecular complexity index is 263. The highest BCUT2D eigenvalue weighted by atomic mass is 35.5. The van der Waals surface area contributed by atoms with Crippen LogP contribution in [-0.2, 0) is 11.3 Å². The molecule has 0 bridgehead atoms. The molecule has 2 heterocycles. The van der Waals surface area contributed by atoms with Gasteiger partial charge >= 0.3 is 0 Å². The summed E-state index contributed by atoms with van der Waals surface area (Å²) in [6, 6.07) is 3.47. The van der Waals surface area contributed by atoms with Gasteiger partial charge in [0.05, 0.1) is 6.61 Å². The number of epoxide rings is 1. The number of ether oxygens (including phenoxy) is 1. The predicted octanol–water partition coefficient (Wildman–Crippen LogP) is -2.92. The van der Waals surface area contributed by atoms with Crippen LogP contribution in [0.25, 0.3) is 0 Å².